The van der Waals surface area contributed by atoms with Gasteiger partial charge in [-0.1, -0.05) is 12.1 Å². The van der Waals surface area contributed by atoms with E-state index in [9.17, 15) is 17.6 Å². The van der Waals surface area contributed by atoms with E-state index >= 15 is 0 Å². The van der Waals surface area contributed by atoms with Crippen molar-refractivity contribution in [3.05, 3.63) is 59.9 Å². The molecule has 8 heteroatoms. The molecule has 0 spiro atoms. The average molecular weight is 394 g/mol. The van der Waals surface area contributed by atoms with Gasteiger partial charge >= 0.3 is 0 Å². The van der Waals surface area contributed by atoms with Gasteiger partial charge in [0.2, 0.25) is 15.9 Å². The quantitative estimate of drug-likeness (QED) is 0.747. The second kappa shape index (κ2) is 8.85. The molecule has 146 valence electrons. The van der Waals surface area contributed by atoms with Gasteiger partial charge in [0.05, 0.1) is 18.6 Å². The molecule has 0 aliphatic carbocycles. The van der Waals surface area contributed by atoms with E-state index in [4.69, 9.17) is 4.74 Å². The third-order valence-corrected chi connectivity index (χ3v) is 5.11. The number of benzene rings is 2. The summed E-state index contributed by atoms with van der Waals surface area (Å²) in [7, 11) is -3.69. The second-order valence-corrected chi connectivity index (χ2v) is 7.87. The van der Waals surface area contributed by atoms with Crippen LogP contribution in [0.25, 0.3) is 0 Å². The van der Waals surface area contributed by atoms with Gasteiger partial charge in [0.1, 0.15) is 17.6 Å². The van der Waals surface area contributed by atoms with E-state index in [1.165, 1.54) is 19.1 Å². The second-order valence-electron chi connectivity index (χ2n) is 6.01. The standard InChI is InChI=1S/C19H23FN2O4S/c1-4-26-18-11-9-17(10-12-18)22(27(3,24)25)14(2)19(23)21-13-15-5-7-16(20)8-6-15/h5-12,14H,4,13H2,1-3H3,(H,21,23)/t14-/m0/s1. The molecule has 0 saturated carbocycles. The highest BCUT2D eigenvalue weighted by molar-refractivity contribution is 7.92. The fourth-order valence-electron chi connectivity index (χ4n) is 2.60. The topological polar surface area (TPSA) is 75.7 Å². The first-order valence-corrected chi connectivity index (χ1v) is 10.3. The summed E-state index contributed by atoms with van der Waals surface area (Å²) in [5.74, 6) is -0.209. The average Bonchev–Trinajstić information content (AvgIpc) is 2.61. The van der Waals surface area contributed by atoms with Crippen LogP contribution in [-0.2, 0) is 21.4 Å². The number of hydrogen-bond donors (Lipinski definition) is 1. The van der Waals surface area contributed by atoms with Crippen molar-refractivity contribution in [2.75, 3.05) is 17.2 Å². The summed E-state index contributed by atoms with van der Waals surface area (Å²) in [6.07, 6.45) is 1.05. The smallest absolute Gasteiger partial charge is 0.243 e. The van der Waals surface area contributed by atoms with Crippen molar-refractivity contribution in [1.82, 2.24) is 5.32 Å². The Bertz CT molecular complexity index is 868. The van der Waals surface area contributed by atoms with Gasteiger partial charge in [-0.3, -0.25) is 9.10 Å². The lowest BCUT2D eigenvalue weighted by molar-refractivity contribution is -0.122. The summed E-state index contributed by atoms with van der Waals surface area (Å²) < 4.78 is 43.9. The molecular weight excluding hydrogens is 371 g/mol. The maximum atomic E-state index is 12.9. The molecule has 2 aromatic rings. The van der Waals surface area contributed by atoms with Gasteiger partial charge < -0.3 is 10.1 Å². The number of ether oxygens (including phenoxy) is 1. The fraction of sp³-hybridized carbons (Fsp3) is 0.316. The first-order chi connectivity index (χ1) is 12.7. The van der Waals surface area contributed by atoms with Crippen LogP contribution in [0, 0.1) is 5.82 Å². The molecule has 2 rings (SSSR count). The Morgan fingerprint density at radius 1 is 1.15 bits per heavy atom. The van der Waals surface area contributed by atoms with Crippen LogP contribution in [-0.4, -0.2) is 33.2 Å². The normalized spacial score (nSPS) is 12.3. The Morgan fingerprint density at radius 3 is 2.26 bits per heavy atom. The van der Waals surface area contributed by atoms with Gasteiger partial charge in [-0.15, -0.1) is 0 Å². The molecule has 0 aromatic heterocycles. The van der Waals surface area contributed by atoms with Crippen molar-refractivity contribution in [3.8, 4) is 5.75 Å². The van der Waals surface area contributed by atoms with Crippen LogP contribution in [0.5, 0.6) is 5.75 Å². The van der Waals surface area contributed by atoms with Gasteiger partial charge in [0.25, 0.3) is 0 Å². The summed E-state index contributed by atoms with van der Waals surface area (Å²) in [4.78, 5) is 12.5. The lowest BCUT2D eigenvalue weighted by Crippen LogP contribution is -2.47. The number of anilines is 1. The zero-order valence-corrected chi connectivity index (χ0v) is 16.3. The van der Waals surface area contributed by atoms with Crippen LogP contribution < -0.4 is 14.4 Å². The lowest BCUT2D eigenvalue weighted by Gasteiger charge is -2.28. The van der Waals surface area contributed by atoms with Crippen molar-refractivity contribution in [1.29, 1.82) is 0 Å². The van der Waals surface area contributed by atoms with E-state index in [-0.39, 0.29) is 12.4 Å². The molecule has 0 aliphatic rings. The SMILES string of the molecule is CCOc1ccc(N([C@@H](C)C(=O)NCc2ccc(F)cc2)S(C)(=O)=O)cc1. The number of carbonyl (C=O) groups is 1. The Balaban J connectivity index is 2.15. The summed E-state index contributed by atoms with van der Waals surface area (Å²) in [5, 5.41) is 2.68. The third kappa shape index (κ3) is 5.68. The van der Waals surface area contributed by atoms with Crippen LogP contribution >= 0.6 is 0 Å². The predicted octanol–water partition coefficient (Wildman–Crippen LogP) is 2.70. The Labute approximate surface area is 159 Å². The van der Waals surface area contributed by atoms with Crippen LogP contribution in [0.1, 0.15) is 19.4 Å². The molecule has 6 nitrogen and oxygen atoms in total. The number of amides is 1. The highest BCUT2D eigenvalue weighted by Crippen LogP contribution is 2.24. The first kappa shape index (κ1) is 20.7. The van der Waals surface area contributed by atoms with Crippen molar-refractivity contribution in [3.63, 3.8) is 0 Å². The fourth-order valence-corrected chi connectivity index (χ4v) is 3.78. The maximum absolute atomic E-state index is 12.9. The zero-order chi connectivity index (χ0) is 20.0. The van der Waals surface area contributed by atoms with Gasteiger partial charge in [0.15, 0.2) is 0 Å². The van der Waals surface area contributed by atoms with Crippen molar-refractivity contribution < 1.29 is 22.3 Å². The van der Waals surface area contributed by atoms with Gasteiger partial charge in [-0.05, 0) is 55.8 Å². The Hall–Kier alpha value is -2.61. The van der Waals surface area contributed by atoms with E-state index in [0.29, 0.717) is 23.6 Å². The molecule has 2 aromatic carbocycles. The molecule has 0 radical (unpaired) electrons. The van der Waals surface area contributed by atoms with E-state index in [0.717, 1.165) is 10.6 Å². The summed E-state index contributed by atoms with van der Waals surface area (Å²) >= 11 is 0. The number of carbonyl (C=O) groups excluding carboxylic acids is 1. The van der Waals surface area contributed by atoms with Crippen molar-refractivity contribution in [2.24, 2.45) is 0 Å². The number of halogens is 1. The minimum Gasteiger partial charge on any atom is -0.494 e. The molecule has 0 bridgehead atoms. The third-order valence-electron chi connectivity index (χ3n) is 3.87. The lowest BCUT2D eigenvalue weighted by atomic mass is 10.2. The summed E-state index contributed by atoms with van der Waals surface area (Å²) in [5.41, 5.74) is 1.08. The summed E-state index contributed by atoms with van der Waals surface area (Å²) in [6, 6.07) is 11.2. The number of nitrogens with one attached hydrogen (secondary N) is 1. The first-order valence-electron chi connectivity index (χ1n) is 8.46. The molecular formula is C19H23FN2O4S. The molecule has 1 atom stereocenters. The Morgan fingerprint density at radius 2 is 1.74 bits per heavy atom. The number of rotatable bonds is 8. The maximum Gasteiger partial charge on any atom is 0.243 e. The van der Waals surface area contributed by atoms with Crippen LogP contribution in [0.15, 0.2) is 48.5 Å². The van der Waals surface area contributed by atoms with E-state index in [1.54, 1.807) is 36.4 Å². The summed E-state index contributed by atoms with van der Waals surface area (Å²) in [6.45, 7) is 4.03. The molecule has 0 saturated heterocycles. The number of nitrogens with zero attached hydrogens (tertiary/aromatic N) is 1. The number of hydrogen-bond acceptors (Lipinski definition) is 4. The van der Waals surface area contributed by atoms with Crippen molar-refractivity contribution >= 4 is 21.6 Å². The van der Waals surface area contributed by atoms with Gasteiger partial charge in [-0.25, -0.2) is 12.8 Å². The molecule has 1 amide bonds. The number of sulfonamides is 1. The zero-order valence-electron chi connectivity index (χ0n) is 15.5. The largest absolute Gasteiger partial charge is 0.494 e. The van der Waals surface area contributed by atoms with E-state index < -0.39 is 22.0 Å². The molecule has 1 N–H and O–H groups in total. The molecule has 0 aliphatic heterocycles. The van der Waals surface area contributed by atoms with Crippen LogP contribution in [0.2, 0.25) is 0 Å². The van der Waals surface area contributed by atoms with E-state index in [2.05, 4.69) is 5.32 Å². The van der Waals surface area contributed by atoms with Crippen LogP contribution in [0.4, 0.5) is 10.1 Å². The van der Waals surface area contributed by atoms with E-state index in [1.807, 2.05) is 6.92 Å². The predicted molar refractivity (Wildman–Crippen MR) is 103 cm³/mol. The van der Waals surface area contributed by atoms with Crippen LogP contribution in [0.3, 0.4) is 0 Å². The van der Waals surface area contributed by atoms with Gasteiger partial charge in [0, 0.05) is 6.54 Å². The monoisotopic (exact) mass is 394 g/mol. The Kier molecular flexibility index (Phi) is 6.79. The highest BCUT2D eigenvalue weighted by atomic mass is 32.2. The highest BCUT2D eigenvalue weighted by Gasteiger charge is 2.29. The molecule has 27 heavy (non-hydrogen) atoms. The molecule has 0 heterocycles. The molecule has 0 fully saturated rings. The van der Waals surface area contributed by atoms with Crippen molar-refractivity contribution in [2.45, 2.75) is 26.4 Å². The minimum atomic E-state index is -3.69. The van der Waals surface area contributed by atoms with Gasteiger partial charge in [-0.2, -0.15) is 0 Å². The molecule has 0 unspecified atom stereocenters. The minimum absolute atomic E-state index is 0.171.